The SMILES string of the molecule is C=CCN(C(=O)c1ccc(C)cc1)c1nc(-c2ccc([N+](=O)[O-])cc2)cs1. The summed E-state index contributed by atoms with van der Waals surface area (Å²) in [5.41, 5.74) is 3.10. The number of nitro groups is 1. The topological polar surface area (TPSA) is 76.3 Å². The molecule has 0 fully saturated rings. The van der Waals surface area contributed by atoms with Gasteiger partial charge in [0.25, 0.3) is 11.6 Å². The average molecular weight is 379 g/mol. The smallest absolute Gasteiger partial charge is 0.269 e. The molecule has 0 bridgehead atoms. The lowest BCUT2D eigenvalue weighted by Gasteiger charge is -2.18. The number of anilines is 1. The maximum atomic E-state index is 12.9. The zero-order valence-electron chi connectivity index (χ0n) is 14.7. The van der Waals surface area contributed by atoms with E-state index in [0.717, 1.165) is 11.1 Å². The molecule has 0 saturated carbocycles. The Morgan fingerprint density at radius 1 is 1.22 bits per heavy atom. The quantitative estimate of drug-likeness (QED) is 0.348. The van der Waals surface area contributed by atoms with Crippen LogP contribution in [-0.4, -0.2) is 22.4 Å². The molecule has 0 N–H and O–H groups in total. The highest BCUT2D eigenvalue weighted by atomic mass is 32.1. The molecule has 3 rings (SSSR count). The molecule has 6 nitrogen and oxygen atoms in total. The Labute approximate surface area is 160 Å². The maximum Gasteiger partial charge on any atom is 0.269 e. The summed E-state index contributed by atoms with van der Waals surface area (Å²) in [7, 11) is 0. The molecule has 0 saturated heterocycles. The summed E-state index contributed by atoms with van der Waals surface area (Å²) in [6.07, 6.45) is 1.65. The molecular formula is C20H17N3O3S. The van der Waals surface area contributed by atoms with E-state index >= 15 is 0 Å². The normalized spacial score (nSPS) is 10.4. The first-order valence-electron chi connectivity index (χ1n) is 8.19. The third-order valence-electron chi connectivity index (χ3n) is 3.95. The van der Waals surface area contributed by atoms with Crippen LogP contribution in [0.2, 0.25) is 0 Å². The third-order valence-corrected chi connectivity index (χ3v) is 4.82. The van der Waals surface area contributed by atoms with Gasteiger partial charge in [-0.1, -0.05) is 23.8 Å². The number of aromatic nitrogens is 1. The third kappa shape index (κ3) is 4.09. The number of nitrogens with zero attached hydrogens (tertiary/aromatic N) is 3. The van der Waals surface area contributed by atoms with Crippen molar-refractivity contribution >= 4 is 28.1 Å². The molecule has 0 radical (unpaired) electrons. The number of carbonyl (C=O) groups excluding carboxylic acids is 1. The fourth-order valence-corrected chi connectivity index (χ4v) is 3.35. The molecule has 0 unspecified atom stereocenters. The summed E-state index contributed by atoms with van der Waals surface area (Å²) in [4.78, 5) is 29.3. The van der Waals surface area contributed by atoms with Crippen LogP contribution in [0.5, 0.6) is 0 Å². The number of nitro benzene ring substituents is 1. The van der Waals surface area contributed by atoms with Crippen molar-refractivity contribution in [3.63, 3.8) is 0 Å². The van der Waals surface area contributed by atoms with Crippen LogP contribution in [0.15, 0.2) is 66.6 Å². The van der Waals surface area contributed by atoms with Gasteiger partial charge < -0.3 is 0 Å². The van der Waals surface area contributed by atoms with Gasteiger partial charge in [-0.2, -0.15) is 0 Å². The van der Waals surface area contributed by atoms with E-state index in [0.29, 0.717) is 22.9 Å². The standard InChI is InChI=1S/C20H17N3O3S/c1-3-12-22(19(24)16-6-4-14(2)5-7-16)20-21-18(13-27-20)15-8-10-17(11-9-15)23(25)26/h3-11,13H,1,12H2,2H3. The van der Waals surface area contributed by atoms with Gasteiger partial charge in [0, 0.05) is 35.2 Å². The van der Waals surface area contributed by atoms with Gasteiger partial charge in [0.2, 0.25) is 0 Å². The van der Waals surface area contributed by atoms with Crippen molar-refractivity contribution in [2.45, 2.75) is 6.92 Å². The van der Waals surface area contributed by atoms with E-state index in [2.05, 4.69) is 11.6 Å². The summed E-state index contributed by atoms with van der Waals surface area (Å²) in [5, 5.41) is 13.2. The number of benzene rings is 2. The van der Waals surface area contributed by atoms with Crippen molar-refractivity contribution in [3.8, 4) is 11.3 Å². The van der Waals surface area contributed by atoms with Gasteiger partial charge >= 0.3 is 0 Å². The Bertz CT molecular complexity index is 978. The summed E-state index contributed by atoms with van der Waals surface area (Å²) in [6, 6.07) is 13.5. The lowest BCUT2D eigenvalue weighted by molar-refractivity contribution is -0.384. The van der Waals surface area contributed by atoms with E-state index in [1.54, 1.807) is 35.2 Å². The van der Waals surface area contributed by atoms with Gasteiger partial charge in [-0.3, -0.25) is 19.8 Å². The fourth-order valence-electron chi connectivity index (χ4n) is 2.50. The molecule has 0 aliphatic heterocycles. The minimum Gasteiger partial charge on any atom is -0.280 e. The van der Waals surface area contributed by atoms with Gasteiger partial charge in [-0.05, 0) is 31.2 Å². The van der Waals surface area contributed by atoms with E-state index in [1.165, 1.54) is 23.5 Å². The monoisotopic (exact) mass is 379 g/mol. The molecule has 0 spiro atoms. The summed E-state index contributed by atoms with van der Waals surface area (Å²) in [5.74, 6) is -0.153. The Kier molecular flexibility index (Phi) is 5.42. The maximum absolute atomic E-state index is 12.9. The molecule has 0 atom stereocenters. The first-order chi connectivity index (χ1) is 13.0. The fraction of sp³-hybridized carbons (Fsp3) is 0.100. The Hall–Kier alpha value is -3.32. The molecule has 1 aromatic heterocycles. The Morgan fingerprint density at radius 3 is 2.48 bits per heavy atom. The van der Waals surface area contributed by atoms with Crippen LogP contribution in [-0.2, 0) is 0 Å². The minimum absolute atomic E-state index is 0.0250. The Balaban J connectivity index is 1.88. The zero-order valence-corrected chi connectivity index (χ0v) is 15.5. The first kappa shape index (κ1) is 18.5. The van der Waals surface area contributed by atoms with Crippen molar-refractivity contribution in [1.82, 2.24) is 4.98 Å². The molecule has 0 aliphatic rings. The largest absolute Gasteiger partial charge is 0.280 e. The van der Waals surface area contributed by atoms with E-state index in [1.807, 2.05) is 24.4 Å². The van der Waals surface area contributed by atoms with Crippen LogP contribution in [0.1, 0.15) is 15.9 Å². The van der Waals surface area contributed by atoms with E-state index in [-0.39, 0.29) is 11.6 Å². The van der Waals surface area contributed by atoms with Gasteiger partial charge in [0.15, 0.2) is 5.13 Å². The van der Waals surface area contributed by atoms with Crippen molar-refractivity contribution in [1.29, 1.82) is 0 Å². The lowest BCUT2D eigenvalue weighted by Crippen LogP contribution is -2.30. The summed E-state index contributed by atoms with van der Waals surface area (Å²) >= 11 is 1.34. The average Bonchev–Trinajstić information content (AvgIpc) is 3.16. The second kappa shape index (κ2) is 7.92. The van der Waals surface area contributed by atoms with Crippen molar-refractivity contribution in [2.75, 3.05) is 11.4 Å². The molecule has 2 aromatic carbocycles. The minimum atomic E-state index is -0.442. The number of hydrogen-bond donors (Lipinski definition) is 0. The number of carbonyl (C=O) groups is 1. The molecule has 27 heavy (non-hydrogen) atoms. The molecule has 1 amide bonds. The highest BCUT2D eigenvalue weighted by Gasteiger charge is 2.20. The first-order valence-corrected chi connectivity index (χ1v) is 9.07. The van der Waals surface area contributed by atoms with Gasteiger partial charge in [0.05, 0.1) is 10.6 Å². The van der Waals surface area contributed by atoms with Crippen molar-refractivity contribution in [3.05, 3.63) is 87.8 Å². The number of rotatable bonds is 6. The summed E-state index contributed by atoms with van der Waals surface area (Å²) in [6.45, 7) is 6.03. The van der Waals surface area contributed by atoms with Crippen LogP contribution < -0.4 is 4.90 Å². The zero-order chi connectivity index (χ0) is 19.4. The lowest BCUT2D eigenvalue weighted by atomic mass is 10.1. The highest BCUT2D eigenvalue weighted by molar-refractivity contribution is 7.14. The second-order valence-electron chi connectivity index (χ2n) is 5.89. The molecule has 1 heterocycles. The van der Waals surface area contributed by atoms with Crippen LogP contribution in [0, 0.1) is 17.0 Å². The van der Waals surface area contributed by atoms with Crippen LogP contribution in [0.25, 0.3) is 11.3 Å². The highest BCUT2D eigenvalue weighted by Crippen LogP contribution is 2.29. The van der Waals surface area contributed by atoms with Crippen LogP contribution >= 0.6 is 11.3 Å². The van der Waals surface area contributed by atoms with Crippen molar-refractivity contribution < 1.29 is 9.72 Å². The number of aryl methyl sites for hydroxylation is 1. The van der Waals surface area contributed by atoms with E-state index in [9.17, 15) is 14.9 Å². The van der Waals surface area contributed by atoms with E-state index in [4.69, 9.17) is 0 Å². The van der Waals surface area contributed by atoms with Gasteiger partial charge in [-0.15, -0.1) is 17.9 Å². The van der Waals surface area contributed by atoms with Gasteiger partial charge in [0.1, 0.15) is 0 Å². The predicted octanol–water partition coefficient (Wildman–Crippen LogP) is 4.86. The Morgan fingerprint density at radius 2 is 1.89 bits per heavy atom. The molecule has 7 heteroatoms. The van der Waals surface area contributed by atoms with E-state index < -0.39 is 4.92 Å². The number of non-ortho nitro benzene ring substituents is 1. The molecule has 0 aliphatic carbocycles. The number of amides is 1. The summed E-state index contributed by atoms with van der Waals surface area (Å²) < 4.78 is 0. The van der Waals surface area contributed by atoms with Crippen molar-refractivity contribution in [2.24, 2.45) is 0 Å². The molecule has 136 valence electrons. The molecule has 3 aromatic rings. The van der Waals surface area contributed by atoms with Gasteiger partial charge in [-0.25, -0.2) is 4.98 Å². The number of hydrogen-bond acceptors (Lipinski definition) is 5. The van der Waals surface area contributed by atoms with Crippen LogP contribution in [0.4, 0.5) is 10.8 Å². The second-order valence-corrected chi connectivity index (χ2v) is 6.73. The molecular weight excluding hydrogens is 362 g/mol. The van der Waals surface area contributed by atoms with Crippen LogP contribution in [0.3, 0.4) is 0 Å². The number of thiazole rings is 1. The predicted molar refractivity (Wildman–Crippen MR) is 107 cm³/mol.